The number of likely N-dealkylation sites (tertiary alicyclic amines) is 1. The highest BCUT2D eigenvalue weighted by molar-refractivity contribution is 6.37. The fraction of sp³-hybridized carbons (Fsp3) is 0.815. The van der Waals surface area contributed by atoms with Crippen molar-refractivity contribution in [1.82, 2.24) is 15.5 Å². The summed E-state index contributed by atoms with van der Waals surface area (Å²) in [5.41, 5.74) is 3.58. The Bertz CT molecular complexity index is 1000. The van der Waals surface area contributed by atoms with Gasteiger partial charge in [0.25, 0.3) is 5.91 Å². The van der Waals surface area contributed by atoms with Crippen LogP contribution in [0.25, 0.3) is 0 Å². The Hall–Kier alpha value is -2.79. The lowest BCUT2D eigenvalue weighted by molar-refractivity contribution is -0.145. The van der Waals surface area contributed by atoms with Crippen LogP contribution in [0.15, 0.2) is 0 Å². The van der Waals surface area contributed by atoms with Gasteiger partial charge in [0.15, 0.2) is 0 Å². The Balaban J connectivity index is 1.89. The zero-order chi connectivity index (χ0) is 29.5. The van der Waals surface area contributed by atoms with E-state index in [2.05, 4.69) is 10.6 Å². The monoisotopic (exact) mass is 556 g/mol. The predicted molar refractivity (Wildman–Crippen MR) is 137 cm³/mol. The number of nitrogens with one attached hydrogen (secondary N) is 2. The van der Waals surface area contributed by atoms with E-state index in [-0.39, 0.29) is 18.9 Å². The minimum Gasteiger partial charge on any atom is -0.444 e. The van der Waals surface area contributed by atoms with E-state index < -0.39 is 89.3 Å². The molecular formula is C27H42F2N4O6. The number of hydrogen-bond acceptors (Lipinski definition) is 6. The van der Waals surface area contributed by atoms with Crippen molar-refractivity contribution in [2.45, 2.75) is 110 Å². The molecule has 2 unspecified atom stereocenters. The van der Waals surface area contributed by atoms with Crippen molar-refractivity contribution in [3.05, 3.63) is 0 Å². The van der Waals surface area contributed by atoms with Crippen LogP contribution in [-0.2, 0) is 23.9 Å². The molecule has 220 valence electrons. The Morgan fingerprint density at radius 1 is 1.03 bits per heavy atom. The summed E-state index contributed by atoms with van der Waals surface area (Å²) in [7, 11) is 0. The summed E-state index contributed by atoms with van der Waals surface area (Å²) in [6.45, 7) is 10.1. The number of alkyl carbamates (subject to hydrolysis) is 1. The number of primary amides is 1. The third kappa shape index (κ3) is 7.45. The first kappa shape index (κ1) is 30.7. The molecule has 0 aromatic heterocycles. The molecule has 0 aromatic carbocycles. The van der Waals surface area contributed by atoms with Gasteiger partial charge in [0.05, 0.1) is 6.04 Å². The predicted octanol–water partition coefficient (Wildman–Crippen LogP) is 2.53. The average Bonchev–Trinajstić information content (AvgIpc) is 3.21. The van der Waals surface area contributed by atoms with Gasteiger partial charge in [-0.1, -0.05) is 40.0 Å². The SMILES string of the molecule is CC(C)(C)OC(=O)N[C@H](C(=O)N1CC2CC(F)(F)C[C@@H]2[C@H]1C(=O)NC(CC1CCC1)C(=O)C(N)=O)C(C)(C)C. The molecule has 3 fully saturated rings. The normalized spacial score (nSPS) is 26.2. The highest BCUT2D eigenvalue weighted by Crippen LogP contribution is 2.50. The van der Waals surface area contributed by atoms with Crippen LogP contribution in [0.5, 0.6) is 0 Å². The molecule has 1 saturated heterocycles. The number of carbonyl (C=O) groups is 5. The number of amides is 4. The number of nitrogens with two attached hydrogens (primary N) is 1. The van der Waals surface area contributed by atoms with Crippen LogP contribution in [0.1, 0.15) is 80.1 Å². The van der Waals surface area contributed by atoms with Gasteiger partial charge in [0.1, 0.15) is 17.7 Å². The molecule has 0 bridgehead atoms. The first-order valence-electron chi connectivity index (χ1n) is 13.6. The van der Waals surface area contributed by atoms with Gasteiger partial charge in [-0.3, -0.25) is 19.2 Å². The van der Waals surface area contributed by atoms with Gasteiger partial charge in [0, 0.05) is 19.4 Å². The summed E-state index contributed by atoms with van der Waals surface area (Å²) >= 11 is 0. The maximum Gasteiger partial charge on any atom is 0.408 e. The van der Waals surface area contributed by atoms with Crippen LogP contribution in [-0.4, -0.2) is 70.7 Å². The maximum absolute atomic E-state index is 14.4. The summed E-state index contributed by atoms with van der Waals surface area (Å²) in [5.74, 6) is -7.89. The van der Waals surface area contributed by atoms with Crippen molar-refractivity contribution in [2.75, 3.05) is 6.54 Å². The molecule has 0 radical (unpaired) electrons. The van der Waals surface area contributed by atoms with Crippen molar-refractivity contribution < 1.29 is 37.5 Å². The Morgan fingerprint density at radius 2 is 1.64 bits per heavy atom. The van der Waals surface area contributed by atoms with Crippen molar-refractivity contribution in [2.24, 2.45) is 28.9 Å². The third-order valence-corrected chi connectivity index (χ3v) is 7.87. The number of fused-ring (bicyclic) bond motifs is 1. The molecule has 1 aliphatic heterocycles. The van der Waals surface area contributed by atoms with E-state index >= 15 is 0 Å². The molecule has 2 saturated carbocycles. The zero-order valence-corrected chi connectivity index (χ0v) is 23.6. The number of alkyl halides is 2. The molecule has 4 N–H and O–H groups in total. The molecule has 10 nitrogen and oxygen atoms in total. The minimum absolute atomic E-state index is 0.100. The first-order valence-corrected chi connectivity index (χ1v) is 13.6. The number of halogens is 2. The number of ether oxygens (including phenoxy) is 1. The van der Waals surface area contributed by atoms with Crippen LogP contribution in [0, 0.1) is 23.2 Å². The molecule has 1 heterocycles. The van der Waals surface area contributed by atoms with E-state index in [1.807, 2.05) is 0 Å². The molecule has 2 aliphatic carbocycles. The second-order valence-electron chi connectivity index (χ2n) is 13.4. The number of carbonyl (C=O) groups excluding carboxylic acids is 5. The van der Waals surface area contributed by atoms with E-state index in [0.29, 0.717) is 0 Å². The van der Waals surface area contributed by atoms with Crippen LogP contribution >= 0.6 is 0 Å². The lowest BCUT2D eigenvalue weighted by Gasteiger charge is -2.37. The summed E-state index contributed by atoms with van der Waals surface area (Å²) in [6.07, 6.45) is 0.977. The smallest absolute Gasteiger partial charge is 0.408 e. The molecule has 39 heavy (non-hydrogen) atoms. The molecule has 0 aromatic rings. The summed E-state index contributed by atoms with van der Waals surface area (Å²) in [6, 6.07) is -3.62. The van der Waals surface area contributed by atoms with Crippen molar-refractivity contribution in [3.8, 4) is 0 Å². The van der Waals surface area contributed by atoms with Gasteiger partial charge in [-0.2, -0.15) is 0 Å². The number of ketones is 1. The summed E-state index contributed by atoms with van der Waals surface area (Å²) in [4.78, 5) is 65.6. The largest absolute Gasteiger partial charge is 0.444 e. The number of rotatable bonds is 8. The lowest BCUT2D eigenvalue weighted by Crippen LogP contribution is -2.60. The van der Waals surface area contributed by atoms with Gasteiger partial charge in [-0.05, 0) is 50.4 Å². The number of Topliss-reactive ketones (excluding diaryl/α,β-unsaturated/α-hetero) is 1. The molecule has 0 spiro atoms. The quantitative estimate of drug-likeness (QED) is 0.392. The van der Waals surface area contributed by atoms with E-state index in [1.54, 1.807) is 41.5 Å². The highest BCUT2D eigenvalue weighted by Gasteiger charge is 2.59. The summed E-state index contributed by atoms with van der Waals surface area (Å²) in [5, 5.41) is 5.17. The zero-order valence-electron chi connectivity index (χ0n) is 23.6. The van der Waals surface area contributed by atoms with Gasteiger partial charge in [0.2, 0.25) is 23.5 Å². The molecule has 3 rings (SSSR count). The molecule has 3 aliphatic rings. The van der Waals surface area contributed by atoms with E-state index in [0.717, 1.165) is 19.3 Å². The fourth-order valence-electron chi connectivity index (χ4n) is 5.82. The molecular weight excluding hydrogens is 514 g/mol. The van der Waals surface area contributed by atoms with Crippen molar-refractivity contribution in [3.63, 3.8) is 0 Å². The standard InChI is InChI=1S/C27H42F2N4O6/c1-25(2,3)20(32-24(38)39-26(4,5)6)23(37)33-13-15-11-27(28,29)12-16(15)18(33)22(36)31-17(19(34)21(30)35)10-14-8-7-9-14/h14-18,20H,7-13H2,1-6H3,(H2,30,35)(H,31,36)(H,32,38)/t15?,16-,17?,18-,20+/m0/s1. The van der Waals surface area contributed by atoms with Gasteiger partial charge < -0.3 is 26.0 Å². The second-order valence-corrected chi connectivity index (χ2v) is 13.4. The van der Waals surface area contributed by atoms with Crippen LogP contribution in [0.3, 0.4) is 0 Å². The average molecular weight is 557 g/mol. The van der Waals surface area contributed by atoms with Gasteiger partial charge in [-0.25, -0.2) is 13.6 Å². The second kappa shape index (κ2) is 11.0. The Labute approximate surface area is 228 Å². The van der Waals surface area contributed by atoms with Gasteiger partial charge in [-0.15, -0.1) is 0 Å². The fourth-order valence-corrected chi connectivity index (χ4v) is 5.82. The van der Waals surface area contributed by atoms with Crippen molar-refractivity contribution in [1.29, 1.82) is 0 Å². The topological polar surface area (TPSA) is 148 Å². The van der Waals surface area contributed by atoms with E-state index in [9.17, 15) is 32.8 Å². The molecule has 5 atom stereocenters. The van der Waals surface area contributed by atoms with Crippen LogP contribution in [0.2, 0.25) is 0 Å². The van der Waals surface area contributed by atoms with Crippen LogP contribution in [0.4, 0.5) is 13.6 Å². The first-order chi connectivity index (χ1) is 17.8. The van der Waals surface area contributed by atoms with E-state index in [1.165, 1.54) is 4.90 Å². The summed E-state index contributed by atoms with van der Waals surface area (Å²) < 4.78 is 34.1. The Morgan fingerprint density at radius 3 is 2.13 bits per heavy atom. The maximum atomic E-state index is 14.4. The van der Waals surface area contributed by atoms with Crippen molar-refractivity contribution >= 4 is 29.6 Å². The number of hydrogen-bond donors (Lipinski definition) is 3. The number of nitrogens with zero attached hydrogens (tertiary/aromatic N) is 1. The van der Waals surface area contributed by atoms with E-state index in [4.69, 9.17) is 10.5 Å². The third-order valence-electron chi connectivity index (χ3n) is 7.87. The Kier molecular flexibility index (Phi) is 8.67. The van der Waals surface area contributed by atoms with Gasteiger partial charge >= 0.3 is 6.09 Å². The molecule has 4 amide bonds. The highest BCUT2D eigenvalue weighted by atomic mass is 19.3. The lowest BCUT2D eigenvalue weighted by atomic mass is 9.80. The minimum atomic E-state index is -2.99. The molecule has 12 heteroatoms. The van der Waals surface area contributed by atoms with Crippen LogP contribution < -0.4 is 16.4 Å².